The molecule has 1 aromatic rings. The first-order valence-corrected chi connectivity index (χ1v) is 5.83. The molecule has 0 aromatic heterocycles. The Morgan fingerprint density at radius 3 is 2.69 bits per heavy atom. The van der Waals surface area contributed by atoms with Gasteiger partial charge >= 0.3 is 0 Å². The molecule has 2 rings (SSSR count). The monoisotopic (exact) mass is 223 g/mol. The second kappa shape index (κ2) is 4.83. The van der Waals surface area contributed by atoms with Crippen LogP contribution in [0.4, 0.5) is 10.1 Å². The highest BCUT2D eigenvalue weighted by atomic mass is 19.1. The minimum Gasteiger partial charge on any atom is -0.394 e. The molecule has 1 unspecified atom stereocenters. The Hall–Kier alpha value is -1.09. The Kier molecular flexibility index (Phi) is 3.44. The number of aliphatic hydroxyl groups is 1. The van der Waals surface area contributed by atoms with Crippen molar-refractivity contribution in [2.24, 2.45) is 5.92 Å². The zero-order valence-corrected chi connectivity index (χ0v) is 9.54. The van der Waals surface area contributed by atoms with E-state index in [1.54, 1.807) is 0 Å². The van der Waals surface area contributed by atoms with Gasteiger partial charge in [0, 0.05) is 5.69 Å². The van der Waals surface area contributed by atoms with E-state index in [1.165, 1.54) is 18.6 Å². The molecular formula is C13H18FNO. The molecule has 0 bridgehead atoms. The molecule has 0 amide bonds. The molecule has 0 spiro atoms. The van der Waals surface area contributed by atoms with E-state index in [-0.39, 0.29) is 18.5 Å². The zero-order valence-electron chi connectivity index (χ0n) is 9.54. The summed E-state index contributed by atoms with van der Waals surface area (Å²) < 4.78 is 13.2. The largest absolute Gasteiger partial charge is 0.394 e. The van der Waals surface area contributed by atoms with Crippen LogP contribution in [0, 0.1) is 18.7 Å². The highest BCUT2D eigenvalue weighted by molar-refractivity contribution is 5.47. The van der Waals surface area contributed by atoms with Crippen LogP contribution in [0.25, 0.3) is 0 Å². The van der Waals surface area contributed by atoms with Crippen molar-refractivity contribution in [1.82, 2.24) is 0 Å². The number of benzene rings is 1. The average molecular weight is 223 g/mol. The van der Waals surface area contributed by atoms with Gasteiger partial charge in [0.05, 0.1) is 12.6 Å². The Balaban J connectivity index is 2.05. The highest BCUT2D eigenvalue weighted by Crippen LogP contribution is 2.31. The van der Waals surface area contributed by atoms with Crippen molar-refractivity contribution in [3.05, 3.63) is 29.6 Å². The molecule has 16 heavy (non-hydrogen) atoms. The predicted molar refractivity (Wildman–Crippen MR) is 63.0 cm³/mol. The Morgan fingerprint density at radius 2 is 2.19 bits per heavy atom. The summed E-state index contributed by atoms with van der Waals surface area (Å²) in [5, 5.41) is 12.5. The summed E-state index contributed by atoms with van der Waals surface area (Å²) in [6.45, 7) is 1.98. The fourth-order valence-electron chi connectivity index (χ4n) is 2.19. The minimum atomic E-state index is -0.229. The summed E-state index contributed by atoms with van der Waals surface area (Å²) in [4.78, 5) is 0. The molecule has 2 nitrogen and oxygen atoms in total. The van der Waals surface area contributed by atoms with Gasteiger partial charge in [-0.2, -0.15) is 0 Å². The third-order valence-corrected chi connectivity index (χ3v) is 3.31. The lowest BCUT2D eigenvalue weighted by molar-refractivity contribution is 0.187. The van der Waals surface area contributed by atoms with Crippen LogP contribution in [0.5, 0.6) is 0 Å². The maximum atomic E-state index is 13.2. The quantitative estimate of drug-likeness (QED) is 0.822. The number of rotatable bonds is 4. The number of hydrogen-bond acceptors (Lipinski definition) is 2. The SMILES string of the molecule is Cc1cc(F)cc(NC(CO)C2CCC2)c1. The van der Waals surface area contributed by atoms with Crippen LogP contribution in [0.15, 0.2) is 18.2 Å². The fraction of sp³-hybridized carbons (Fsp3) is 0.538. The van der Waals surface area contributed by atoms with Crippen molar-refractivity contribution in [2.45, 2.75) is 32.2 Å². The van der Waals surface area contributed by atoms with Crippen LogP contribution < -0.4 is 5.32 Å². The first-order valence-electron chi connectivity index (χ1n) is 5.83. The molecular weight excluding hydrogens is 205 g/mol. The molecule has 0 saturated heterocycles. The van der Waals surface area contributed by atoms with Crippen molar-refractivity contribution in [3.63, 3.8) is 0 Å². The first kappa shape index (κ1) is 11.4. The number of aliphatic hydroxyl groups excluding tert-OH is 1. The van der Waals surface area contributed by atoms with Gasteiger partial charge in [0.2, 0.25) is 0 Å². The van der Waals surface area contributed by atoms with Gasteiger partial charge in [0.1, 0.15) is 5.82 Å². The van der Waals surface area contributed by atoms with Crippen LogP contribution in [-0.2, 0) is 0 Å². The van der Waals surface area contributed by atoms with Crippen LogP contribution in [-0.4, -0.2) is 17.8 Å². The van der Waals surface area contributed by atoms with E-state index in [0.29, 0.717) is 5.92 Å². The lowest BCUT2D eigenvalue weighted by Crippen LogP contribution is -2.36. The summed E-state index contributed by atoms with van der Waals surface area (Å²) in [5.74, 6) is 0.307. The van der Waals surface area contributed by atoms with Crippen LogP contribution in [0.2, 0.25) is 0 Å². The number of hydrogen-bond donors (Lipinski definition) is 2. The van der Waals surface area contributed by atoms with E-state index in [1.807, 2.05) is 13.0 Å². The van der Waals surface area contributed by atoms with E-state index in [0.717, 1.165) is 24.1 Å². The summed E-state index contributed by atoms with van der Waals surface area (Å²) in [7, 11) is 0. The van der Waals surface area contributed by atoms with Gasteiger partial charge in [-0.3, -0.25) is 0 Å². The minimum absolute atomic E-state index is 0.0648. The second-order valence-electron chi connectivity index (χ2n) is 4.64. The Bertz CT molecular complexity index is 343. The molecule has 0 radical (unpaired) electrons. The second-order valence-corrected chi connectivity index (χ2v) is 4.64. The third-order valence-electron chi connectivity index (χ3n) is 3.31. The molecule has 2 N–H and O–H groups in total. The van der Waals surface area contributed by atoms with Gasteiger partial charge in [-0.15, -0.1) is 0 Å². The number of aryl methyl sites for hydroxylation is 1. The van der Waals surface area contributed by atoms with Crippen molar-refractivity contribution in [2.75, 3.05) is 11.9 Å². The van der Waals surface area contributed by atoms with E-state index < -0.39 is 0 Å². The van der Waals surface area contributed by atoms with Crippen molar-refractivity contribution >= 4 is 5.69 Å². The van der Waals surface area contributed by atoms with Gasteiger partial charge < -0.3 is 10.4 Å². The van der Waals surface area contributed by atoms with Crippen LogP contribution in [0.1, 0.15) is 24.8 Å². The molecule has 1 saturated carbocycles. The predicted octanol–water partition coefficient (Wildman–Crippen LogP) is 2.71. The van der Waals surface area contributed by atoms with E-state index in [9.17, 15) is 9.50 Å². The molecule has 3 heteroatoms. The van der Waals surface area contributed by atoms with E-state index >= 15 is 0 Å². The lowest BCUT2D eigenvalue weighted by atomic mass is 9.80. The summed E-state index contributed by atoms with van der Waals surface area (Å²) in [5.41, 5.74) is 1.66. The molecule has 1 aromatic carbocycles. The highest BCUT2D eigenvalue weighted by Gasteiger charge is 2.26. The topological polar surface area (TPSA) is 32.3 Å². The summed E-state index contributed by atoms with van der Waals surface area (Å²) in [6.07, 6.45) is 3.56. The van der Waals surface area contributed by atoms with Crippen molar-refractivity contribution in [3.8, 4) is 0 Å². The molecule has 88 valence electrons. The first-order chi connectivity index (χ1) is 7.69. The Morgan fingerprint density at radius 1 is 1.44 bits per heavy atom. The van der Waals surface area contributed by atoms with Gasteiger partial charge in [0.15, 0.2) is 0 Å². The molecule has 1 fully saturated rings. The van der Waals surface area contributed by atoms with Gasteiger partial charge in [0.25, 0.3) is 0 Å². The molecule has 1 atom stereocenters. The summed E-state index contributed by atoms with van der Waals surface area (Å²) >= 11 is 0. The maximum absolute atomic E-state index is 13.2. The van der Waals surface area contributed by atoms with Crippen molar-refractivity contribution < 1.29 is 9.50 Å². The maximum Gasteiger partial charge on any atom is 0.125 e. The smallest absolute Gasteiger partial charge is 0.125 e. The standard InChI is InChI=1S/C13H18FNO/c1-9-5-11(14)7-12(6-9)15-13(8-16)10-3-2-4-10/h5-7,10,13,15-16H,2-4,8H2,1H3. The average Bonchev–Trinajstić information content (AvgIpc) is 2.12. The van der Waals surface area contributed by atoms with Gasteiger partial charge in [-0.25, -0.2) is 4.39 Å². The van der Waals surface area contributed by atoms with Crippen LogP contribution >= 0.6 is 0 Å². The molecule has 1 aliphatic carbocycles. The summed E-state index contributed by atoms with van der Waals surface area (Å²) in [6, 6.07) is 4.95. The molecule has 0 aliphatic heterocycles. The van der Waals surface area contributed by atoms with E-state index in [2.05, 4.69) is 5.32 Å². The van der Waals surface area contributed by atoms with E-state index in [4.69, 9.17) is 0 Å². The molecule has 0 heterocycles. The fourth-order valence-corrected chi connectivity index (χ4v) is 2.19. The normalized spacial score (nSPS) is 17.9. The number of nitrogens with one attached hydrogen (secondary N) is 1. The van der Waals surface area contributed by atoms with Gasteiger partial charge in [-0.1, -0.05) is 6.42 Å². The van der Waals surface area contributed by atoms with Crippen molar-refractivity contribution in [1.29, 1.82) is 0 Å². The zero-order chi connectivity index (χ0) is 11.5. The molecule has 1 aliphatic rings. The third kappa shape index (κ3) is 2.53. The Labute approximate surface area is 95.5 Å². The number of halogens is 1. The number of anilines is 1. The van der Waals surface area contributed by atoms with Crippen LogP contribution in [0.3, 0.4) is 0 Å². The van der Waals surface area contributed by atoms with Gasteiger partial charge in [-0.05, 0) is 49.4 Å². The lowest BCUT2D eigenvalue weighted by Gasteiger charge is -2.33.